The highest BCUT2D eigenvalue weighted by atomic mass is 16.2. The van der Waals surface area contributed by atoms with Crippen LogP contribution in [0.3, 0.4) is 0 Å². The van der Waals surface area contributed by atoms with Crippen LogP contribution >= 0.6 is 0 Å². The lowest BCUT2D eigenvalue weighted by molar-refractivity contribution is -0.131. The van der Waals surface area contributed by atoms with Crippen molar-refractivity contribution in [3.05, 3.63) is 35.9 Å². The standard InChI is InChI=1S/C21H37N5O/c1-7-22-21(25(6)17-20(27)26(8-2)9-3)23-15-18(4)24(5)16-19-13-11-10-12-14-19/h10-14,18H,7-9,15-17H2,1-6H3,(H,22,23). The average Bonchev–Trinajstić information content (AvgIpc) is 2.66. The molecule has 0 saturated heterocycles. The van der Waals surface area contributed by atoms with E-state index < -0.39 is 0 Å². The summed E-state index contributed by atoms with van der Waals surface area (Å²) in [6.45, 7) is 12.4. The third kappa shape index (κ3) is 7.99. The zero-order chi connectivity index (χ0) is 20.2. The molecule has 6 heteroatoms. The molecule has 1 unspecified atom stereocenters. The van der Waals surface area contributed by atoms with Crippen molar-refractivity contribution in [2.75, 3.05) is 46.8 Å². The molecule has 0 aliphatic rings. The van der Waals surface area contributed by atoms with Crippen molar-refractivity contribution in [1.82, 2.24) is 20.0 Å². The number of amides is 1. The van der Waals surface area contributed by atoms with Gasteiger partial charge in [-0.3, -0.25) is 14.7 Å². The number of aliphatic imine (C=N–C) groups is 1. The van der Waals surface area contributed by atoms with E-state index in [1.807, 2.05) is 43.7 Å². The summed E-state index contributed by atoms with van der Waals surface area (Å²) < 4.78 is 0. The third-order valence-electron chi connectivity index (χ3n) is 4.72. The normalized spacial score (nSPS) is 12.8. The summed E-state index contributed by atoms with van der Waals surface area (Å²) in [5.74, 6) is 0.903. The molecule has 1 rings (SSSR count). The summed E-state index contributed by atoms with van der Waals surface area (Å²) in [4.78, 5) is 23.2. The fraction of sp³-hybridized carbons (Fsp3) is 0.619. The Balaban J connectivity index is 2.66. The van der Waals surface area contributed by atoms with Gasteiger partial charge < -0.3 is 15.1 Å². The van der Waals surface area contributed by atoms with Gasteiger partial charge in [-0.05, 0) is 40.3 Å². The van der Waals surface area contributed by atoms with Crippen LogP contribution in [0.5, 0.6) is 0 Å². The van der Waals surface area contributed by atoms with Crippen LogP contribution in [0.1, 0.15) is 33.3 Å². The monoisotopic (exact) mass is 375 g/mol. The fourth-order valence-electron chi connectivity index (χ4n) is 2.81. The summed E-state index contributed by atoms with van der Waals surface area (Å²) >= 11 is 0. The highest BCUT2D eigenvalue weighted by Gasteiger charge is 2.16. The summed E-state index contributed by atoms with van der Waals surface area (Å²) in [5.41, 5.74) is 1.30. The van der Waals surface area contributed by atoms with Gasteiger partial charge in [0.15, 0.2) is 5.96 Å². The maximum absolute atomic E-state index is 12.4. The van der Waals surface area contributed by atoms with Gasteiger partial charge in [-0.15, -0.1) is 0 Å². The first-order chi connectivity index (χ1) is 12.9. The number of carbonyl (C=O) groups excluding carboxylic acids is 1. The molecule has 1 atom stereocenters. The number of nitrogens with zero attached hydrogens (tertiary/aromatic N) is 4. The molecule has 0 bridgehead atoms. The van der Waals surface area contributed by atoms with Crippen LogP contribution in [-0.2, 0) is 11.3 Å². The molecule has 0 aliphatic heterocycles. The second-order valence-electron chi connectivity index (χ2n) is 6.87. The molecular weight excluding hydrogens is 338 g/mol. The zero-order valence-electron chi connectivity index (χ0n) is 17.9. The molecule has 0 fully saturated rings. The first-order valence-electron chi connectivity index (χ1n) is 9.94. The molecule has 1 N–H and O–H groups in total. The van der Waals surface area contributed by atoms with E-state index in [-0.39, 0.29) is 5.91 Å². The maximum atomic E-state index is 12.4. The van der Waals surface area contributed by atoms with E-state index in [0.29, 0.717) is 19.1 Å². The van der Waals surface area contributed by atoms with Crippen LogP contribution in [0.15, 0.2) is 35.3 Å². The summed E-state index contributed by atoms with van der Waals surface area (Å²) in [7, 11) is 4.04. The molecule has 0 aliphatic carbocycles. The minimum Gasteiger partial charge on any atom is -0.357 e. The molecule has 6 nitrogen and oxygen atoms in total. The Labute approximate surface area is 165 Å². The Hall–Kier alpha value is -2.08. The number of rotatable bonds is 10. The quantitative estimate of drug-likeness (QED) is 0.503. The van der Waals surface area contributed by atoms with Crippen LogP contribution in [0.25, 0.3) is 0 Å². The molecule has 0 radical (unpaired) electrons. The molecule has 1 aromatic carbocycles. The lowest BCUT2D eigenvalue weighted by atomic mass is 10.2. The number of nitrogens with one attached hydrogen (secondary N) is 1. The Morgan fingerprint density at radius 2 is 1.74 bits per heavy atom. The number of hydrogen-bond acceptors (Lipinski definition) is 3. The van der Waals surface area contributed by atoms with Crippen LogP contribution < -0.4 is 5.32 Å². The minimum absolute atomic E-state index is 0.127. The van der Waals surface area contributed by atoms with Crippen molar-refractivity contribution in [1.29, 1.82) is 0 Å². The van der Waals surface area contributed by atoms with Gasteiger partial charge in [0.05, 0.1) is 13.1 Å². The maximum Gasteiger partial charge on any atom is 0.242 e. The minimum atomic E-state index is 0.127. The van der Waals surface area contributed by atoms with Crippen molar-refractivity contribution in [2.45, 2.75) is 40.3 Å². The molecule has 1 amide bonds. The molecule has 152 valence electrons. The molecule has 0 saturated carbocycles. The summed E-state index contributed by atoms with van der Waals surface area (Å²) in [6, 6.07) is 10.8. The molecule has 0 spiro atoms. The molecule has 27 heavy (non-hydrogen) atoms. The summed E-state index contributed by atoms with van der Waals surface area (Å²) in [6.07, 6.45) is 0. The fourth-order valence-corrected chi connectivity index (χ4v) is 2.81. The van der Waals surface area contributed by atoms with Crippen molar-refractivity contribution in [3.63, 3.8) is 0 Å². The Morgan fingerprint density at radius 1 is 1.11 bits per heavy atom. The highest BCUT2D eigenvalue weighted by Crippen LogP contribution is 2.06. The predicted octanol–water partition coefficient (Wildman–Crippen LogP) is 2.27. The van der Waals surface area contributed by atoms with E-state index in [9.17, 15) is 4.79 Å². The SMILES string of the molecule is CCNC(=NCC(C)N(C)Cc1ccccc1)N(C)CC(=O)N(CC)CC. The van der Waals surface area contributed by atoms with Gasteiger partial charge >= 0.3 is 0 Å². The molecule has 1 aromatic rings. The van der Waals surface area contributed by atoms with E-state index in [4.69, 9.17) is 4.99 Å². The smallest absolute Gasteiger partial charge is 0.242 e. The van der Waals surface area contributed by atoms with E-state index >= 15 is 0 Å². The third-order valence-corrected chi connectivity index (χ3v) is 4.72. The van der Waals surface area contributed by atoms with Crippen molar-refractivity contribution < 1.29 is 4.79 Å². The van der Waals surface area contributed by atoms with Gasteiger partial charge in [0.25, 0.3) is 0 Å². The number of likely N-dealkylation sites (N-methyl/N-ethyl adjacent to an activating group) is 3. The van der Waals surface area contributed by atoms with Crippen molar-refractivity contribution in [2.24, 2.45) is 4.99 Å². The van der Waals surface area contributed by atoms with Gasteiger partial charge in [-0.2, -0.15) is 0 Å². The van der Waals surface area contributed by atoms with Crippen molar-refractivity contribution in [3.8, 4) is 0 Å². The number of benzene rings is 1. The van der Waals surface area contributed by atoms with Gasteiger partial charge in [0.1, 0.15) is 0 Å². The Kier molecular flexibility index (Phi) is 10.5. The van der Waals surface area contributed by atoms with Gasteiger partial charge in [-0.1, -0.05) is 30.3 Å². The Morgan fingerprint density at radius 3 is 2.30 bits per heavy atom. The van der Waals surface area contributed by atoms with E-state index in [1.54, 1.807) is 0 Å². The van der Waals surface area contributed by atoms with Crippen LogP contribution in [0.4, 0.5) is 0 Å². The van der Waals surface area contributed by atoms with Crippen LogP contribution in [0, 0.1) is 0 Å². The number of carbonyl (C=O) groups is 1. The van der Waals surface area contributed by atoms with Crippen LogP contribution in [0.2, 0.25) is 0 Å². The van der Waals surface area contributed by atoms with Gasteiger partial charge in [-0.25, -0.2) is 0 Å². The Bertz CT molecular complexity index is 571. The van der Waals surface area contributed by atoms with Gasteiger partial charge in [0, 0.05) is 39.3 Å². The van der Waals surface area contributed by atoms with E-state index in [1.165, 1.54) is 5.56 Å². The first kappa shape index (κ1) is 23.0. The lowest BCUT2D eigenvalue weighted by Crippen LogP contribution is -2.46. The zero-order valence-corrected chi connectivity index (χ0v) is 17.9. The first-order valence-corrected chi connectivity index (χ1v) is 9.94. The predicted molar refractivity (Wildman–Crippen MR) is 114 cm³/mol. The second kappa shape index (κ2) is 12.3. The summed E-state index contributed by atoms with van der Waals surface area (Å²) in [5, 5.41) is 3.29. The van der Waals surface area contributed by atoms with E-state index in [0.717, 1.165) is 32.1 Å². The second-order valence-corrected chi connectivity index (χ2v) is 6.87. The molecule has 0 aromatic heterocycles. The average molecular weight is 376 g/mol. The van der Waals surface area contributed by atoms with Crippen molar-refractivity contribution >= 4 is 11.9 Å². The molecular formula is C21H37N5O. The molecule has 0 heterocycles. The lowest BCUT2D eigenvalue weighted by Gasteiger charge is -2.27. The van der Waals surface area contributed by atoms with Crippen LogP contribution in [-0.4, -0.2) is 79.4 Å². The van der Waals surface area contributed by atoms with Gasteiger partial charge in [0.2, 0.25) is 5.91 Å². The van der Waals surface area contributed by atoms with E-state index in [2.05, 4.69) is 48.5 Å². The topological polar surface area (TPSA) is 51.2 Å². The largest absolute Gasteiger partial charge is 0.357 e. The highest BCUT2D eigenvalue weighted by molar-refractivity contribution is 5.86. The number of guanidine groups is 1. The number of hydrogen-bond donors (Lipinski definition) is 1.